The predicted molar refractivity (Wildman–Crippen MR) is 88.1 cm³/mol. The molecule has 2 aromatic heterocycles. The number of aromatic nitrogens is 3. The molecule has 23 heavy (non-hydrogen) atoms. The van der Waals surface area contributed by atoms with Gasteiger partial charge in [0, 0.05) is 32.0 Å². The minimum Gasteiger partial charge on any atom is -0.355 e. The summed E-state index contributed by atoms with van der Waals surface area (Å²) in [5, 5.41) is 11.1. The molecule has 1 aliphatic rings. The van der Waals surface area contributed by atoms with E-state index in [1.807, 2.05) is 18.2 Å². The molecule has 6 nitrogen and oxygen atoms in total. The summed E-state index contributed by atoms with van der Waals surface area (Å²) in [7, 11) is 0. The van der Waals surface area contributed by atoms with Crippen LogP contribution in [-0.2, 0) is 6.54 Å². The second-order valence-electron chi connectivity index (χ2n) is 5.99. The number of nitrogens with zero attached hydrogens (tertiary/aromatic N) is 4. The summed E-state index contributed by atoms with van der Waals surface area (Å²) in [4.78, 5) is 18.3. The van der Waals surface area contributed by atoms with Crippen LogP contribution in [0.25, 0.3) is 0 Å². The Labute approximate surface area is 136 Å². The zero-order valence-electron chi connectivity index (χ0n) is 13.3. The normalized spacial score (nSPS) is 15.4. The lowest BCUT2D eigenvalue weighted by atomic mass is 9.99. The van der Waals surface area contributed by atoms with Crippen molar-refractivity contribution in [1.29, 1.82) is 0 Å². The maximum absolute atomic E-state index is 12.1. The molecule has 1 aliphatic heterocycles. The average Bonchev–Trinajstić information content (AvgIpc) is 2.61. The number of anilines is 1. The Morgan fingerprint density at radius 1 is 1.26 bits per heavy atom. The molecule has 6 heteroatoms. The quantitative estimate of drug-likeness (QED) is 0.935. The Bertz CT molecular complexity index is 636. The predicted octanol–water partition coefficient (Wildman–Crippen LogP) is 2.04. The maximum Gasteiger partial charge on any atom is 0.272 e. The molecule has 2 aromatic rings. The van der Waals surface area contributed by atoms with Gasteiger partial charge >= 0.3 is 0 Å². The monoisotopic (exact) mass is 311 g/mol. The molecule has 0 bridgehead atoms. The second-order valence-corrected chi connectivity index (χ2v) is 5.99. The fourth-order valence-corrected chi connectivity index (χ4v) is 2.63. The van der Waals surface area contributed by atoms with Gasteiger partial charge < -0.3 is 10.2 Å². The van der Waals surface area contributed by atoms with Crippen LogP contribution >= 0.6 is 0 Å². The van der Waals surface area contributed by atoms with E-state index in [1.54, 1.807) is 18.5 Å². The first-order valence-corrected chi connectivity index (χ1v) is 7.98. The van der Waals surface area contributed by atoms with Crippen LogP contribution < -0.4 is 10.2 Å². The Morgan fingerprint density at radius 3 is 2.74 bits per heavy atom. The molecule has 120 valence electrons. The number of hydrogen-bond acceptors (Lipinski definition) is 5. The van der Waals surface area contributed by atoms with E-state index in [2.05, 4.69) is 32.3 Å². The molecular formula is C17H21N5O. The smallest absolute Gasteiger partial charge is 0.272 e. The van der Waals surface area contributed by atoms with Gasteiger partial charge in [-0.15, -0.1) is 10.2 Å². The minimum absolute atomic E-state index is 0.222. The first-order chi connectivity index (χ1) is 11.2. The van der Waals surface area contributed by atoms with Gasteiger partial charge in [0.05, 0.1) is 0 Å². The molecule has 0 radical (unpaired) electrons. The number of carbonyl (C=O) groups excluding carboxylic acids is 1. The molecule has 3 heterocycles. The van der Waals surface area contributed by atoms with Crippen molar-refractivity contribution in [3.8, 4) is 0 Å². The lowest BCUT2D eigenvalue weighted by Crippen LogP contribution is -2.33. The van der Waals surface area contributed by atoms with Gasteiger partial charge in [0.1, 0.15) is 0 Å². The maximum atomic E-state index is 12.1. The molecule has 0 unspecified atom stereocenters. The van der Waals surface area contributed by atoms with E-state index in [0.29, 0.717) is 12.2 Å². The van der Waals surface area contributed by atoms with Gasteiger partial charge in [0.2, 0.25) is 0 Å². The second kappa shape index (κ2) is 7.17. The first-order valence-electron chi connectivity index (χ1n) is 7.98. The summed E-state index contributed by atoms with van der Waals surface area (Å²) in [6.07, 6.45) is 5.79. The number of rotatable bonds is 4. The molecule has 0 atom stereocenters. The molecule has 0 spiro atoms. The fourth-order valence-electron chi connectivity index (χ4n) is 2.63. The molecule has 1 fully saturated rings. The third kappa shape index (κ3) is 4.03. The molecule has 0 aromatic carbocycles. The van der Waals surface area contributed by atoms with E-state index in [9.17, 15) is 4.79 Å². The molecule has 1 N–H and O–H groups in total. The number of nitrogens with one attached hydrogen (secondary N) is 1. The van der Waals surface area contributed by atoms with E-state index in [-0.39, 0.29) is 5.91 Å². The highest BCUT2D eigenvalue weighted by molar-refractivity contribution is 5.92. The van der Waals surface area contributed by atoms with Gasteiger partial charge in [-0.05, 0) is 42.5 Å². The topological polar surface area (TPSA) is 71.0 Å². The lowest BCUT2D eigenvalue weighted by molar-refractivity contribution is 0.0945. The summed E-state index contributed by atoms with van der Waals surface area (Å²) in [5.74, 6) is 1.40. The third-order valence-electron chi connectivity index (χ3n) is 4.17. The zero-order chi connectivity index (χ0) is 16.1. The van der Waals surface area contributed by atoms with Crippen molar-refractivity contribution in [2.24, 2.45) is 5.92 Å². The van der Waals surface area contributed by atoms with E-state index in [4.69, 9.17) is 0 Å². The van der Waals surface area contributed by atoms with Crippen LogP contribution in [0, 0.1) is 5.92 Å². The van der Waals surface area contributed by atoms with Crippen LogP contribution in [0.15, 0.2) is 36.7 Å². The molecule has 1 amide bonds. The van der Waals surface area contributed by atoms with Gasteiger partial charge in [-0.25, -0.2) is 0 Å². The zero-order valence-corrected chi connectivity index (χ0v) is 13.3. The van der Waals surface area contributed by atoms with Crippen LogP contribution in [0.4, 0.5) is 5.82 Å². The summed E-state index contributed by atoms with van der Waals surface area (Å²) >= 11 is 0. The van der Waals surface area contributed by atoms with E-state index >= 15 is 0 Å². The summed E-state index contributed by atoms with van der Waals surface area (Å²) in [6.45, 7) is 4.71. The van der Waals surface area contributed by atoms with Crippen LogP contribution in [0.5, 0.6) is 0 Å². The van der Waals surface area contributed by atoms with Crippen LogP contribution in [-0.4, -0.2) is 34.2 Å². The number of piperidine rings is 1. The third-order valence-corrected chi connectivity index (χ3v) is 4.17. The van der Waals surface area contributed by atoms with E-state index in [1.165, 1.54) is 12.8 Å². The van der Waals surface area contributed by atoms with Crippen molar-refractivity contribution < 1.29 is 4.79 Å². The van der Waals surface area contributed by atoms with E-state index < -0.39 is 0 Å². The van der Waals surface area contributed by atoms with Crippen molar-refractivity contribution in [2.45, 2.75) is 26.3 Å². The highest BCUT2D eigenvalue weighted by Crippen LogP contribution is 2.20. The van der Waals surface area contributed by atoms with E-state index in [0.717, 1.165) is 30.4 Å². The van der Waals surface area contributed by atoms with Gasteiger partial charge in [-0.3, -0.25) is 9.78 Å². The Hall–Kier alpha value is -2.50. The number of carbonyl (C=O) groups is 1. The highest BCUT2D eigenvalue weighted by atomic mass is 16.1. The summed E-state index contributed by atoms with van der Waals surface area (Å²) in [6, 6.07) is 7.37. The van der Waals surface area contributed by atoms with Gasteiger partial charge in [-0.1, -0.05) is 13.0 Å². The number of hydrogen-bond donors (Lipinski definition) is 1. The largest absolute Gasteiger partial charge is 0.355 e. The van der Waals surface area contributed by atoms with Crippen LogP contribution in [0.2, 0.25) is 0 Å². The fraction of sp³-hybridized carbons (Fsp3) is 0.412. The van der Waals surface area contributed by atoms with Crippen LogP contribution in [0.3, 0.4) is 0 Å². The highest BCUT2D eigenvalue weighted by Gasteiger charge is 2.17. The molecule has 3 rings (SSSR count). The van der Waals surface area contributed by atoms with Crippen molar-refractivity contribution in [3.05, 3.63) is 47.9 Å². The van der Waals surface area contributed by atoms with Gasteiger partial charge in [0.15, 0.2) is 11.5 Å². The summed E-state index contributed by atoms with van der Waals surface area (Å²) in [5.41, 5.74) is 1.29. The van der Waals surface area contributed by atoms with Crippen molar-refractivity contribution in [2.75, 3.05) is 18.0 Å². The molecule has 0 saturated carbocycles. The first kappa shape index (κ1) is 15.4. The number of pyridine rings is 1. The van der Waals surface area contributed by atoms with Crippen molar-refractivity contribution in [1.82, 2.24) is 20.5 Å². The average molecular weight is 311 g/mol. The van der Waals surface area contributed by atoms with Crippen molar-refractivity contribution >= 4 is 11.7 Å². The summed E-state index contributed by atoms with van der Waals surface area (Å²) < 4.78 is 0. The molecular weight excluding hydrogens is 290 g/mol. The lowest BCUT2D eigenvalue weighted by Gasteiger charge is -2.30. The SMILES string of the molecule is CC1CCN(c2ccc(C(=O)NCc3cccnc3)nn2)CC1. The number of amides is 1. The molecule has 0 aliphatic carbocycles. The van der Waals surface area contributed by atoms with Crippen molar-refractivity contribution in [3.63, 3.8) is 0 Å². The Morgan fingerprint density at radius 2 is 2.09 bits per heavy atom. The Kier molecular flexibility index (Phi) is 4.80. The Balaban J connectivity index is 1.57. The standard InChI is InChI=1S/C17H21N5O/c1-13-6-9-22(10-7-13)16-5-4-15(20-21-16)17(23)19-12-14-3-2-8-18-11-14/h2-5,8,11,13H,6-7,9-10,12H2,1H3,(H,19,23). The molecule has 1 saturated heterocycles. The van der Waals surface area contributed by atoms with Gasteiger partial charge in [-0.2, -0.15) is 0 Å². The van der Waals surface area contributed by atoms with Gasteiger partial charge in [0.25, 0.3) is 5.91 Å². The minimum atomic E-state index is -0.222. The van der Waals surface area contributed by atoms with Crippen LogP contribution in [0.1, 0.15) is 35.8 Å².